The zero-order chi connectivity index (χ0) is 15.4. The van der Waals surface area contributed by atoms with Gasteiger partial charge >= 0.3 is 0 Å². The van der Waals surface area contributed by atoms with E-state index in [0.29, 0.717) is 17.5 Å². The lowest BCUT2D eigenvalue weighted by atomic mass is 10.3. The van der Waals surface area contributed by atoms with Gasteiger partial charge < -0.3 is 9.47 Å². The van der Waals surface area contributed by atoms with Crippen LogP contribution in [-0.2, 0) is 11.3 Å². The summed E-state index contributed by atoms with van der Waals surface area (Å²) in [6.07, 6.45) is 0. The van der Waals surface area contributed by atoms with E-state index < -0.39 is 4.92 Å². The quantitative estimate of drug-likeness (QED) is 0.434. The minimum absolute atomic E-state index is 0.0340. The van der Waals surface area contributed by atoms with Crippen LogP contribution in [0.25, 0.3) is 0 Å². The fourth-order valence-corrected chi connectivity index (χ4v) is 2.09. The predicted molar refractivity (Wildman–Crippen MR) is 83.4 cm³/mol. The van der Waals surface area contributed by atoms with Crippen molar-refractivity contribution in [3.63, 3.8) is 0 Å². The van der Waals surface area contributed by atoms with E-state index in [9.17, 15) is 10.1 Å². The molecule has 2 rings (SSSR count). The standard InChI is InChI=1S/C13H12IN3O4/c1-8-5-13(16-12(15-8)7-20-2)21-11-6-9(17(18)19)3-4-10(11)14/h3-6H,7H2,1-2H3. The van der Waals surface area contributed by atoms with Crippen molar-refractivity contribution < 1.29 is 14.4 Å². The SMILES string of the molecule is COCc1nc(C)cc(Oc2cc([N+](=O)[O-])ccc2I)n1. The highest BCUT2D eigenvalue weighted by atomic mass is 127. The molecular weight excluding hydrogens is 389 g/mol. The first-order chi connectivity index (χ1) is 9.99. The second-order valence-electron chi connectivity index (χ2n) is 4.17. The van der Waals surface area contributed by atoms with Crippen LogP contribution < -0.4 is 4.74 Å². The van der Waals surface area contributed by atoms with Crippen LogP contribution in [0.4, 0.5) is 5.69 Å². The molecule has 0 radical (unpaired) electrons. The molecule has 2 aromatic rings. The van der Waals surface area contributed by atoms with Gasteiger partial charge in [0.05, 0.1) is 14.6 Å². The van der Waals surface area contributed by atoms with Crippen molar-refractivity contribution in [3.8, 4) is 11.6 Å². The summed E-state index contributed by atoms with van der Waals surface area (Å²) in [4.78, 5) is 18.8. The van der Waals surface area contributed by atoms with Crippen LogP contribution in [0.3, 0.4) is 0 Å². The third-order valence-electron chi connectivity index (χ3n) is 2.49. The summed E-state index contributed by atoms with van der Waals surface area (Å²) < 4.78 is 11.4. The van der Waals surface area contributed by atoms with Crippen LogP contribution in [-0.4, -0.2) is 22.0 Å². The average molecular weight is 401 g/mol. The van der Waals surface area contributed by atoms with E-state index in [0.717, 1.165) is 9.26 Å². The first kappa shape index (κ1) is 15.6. The molecule has 0 aliphatic rings. The van der Waals surface area contributed by atoms with Crippen LogP contribution in [0.2, 0.25) is 0 Å². The van der Waals surface area contributed by atoms with Gasteiger partial charge in [0, 0.05) is 24.9 Å². The van der Waals surface area contributed by atoms with E-state index in [-0.39, 0.29) is 12.3 Å². The molecule has 0 saturated heterocycles. The van der Waals surface area contributed by atoms with Crippen LogP contribution >= 0.6 is 22.6 Å². The summed E-state index contributed by atoms with van der Waals surface area (Å²) in [6.45, 7) is 2.08. The van der Waals surface area contributed by atoms with Crippen molar-refractivity contribution >= 4 is 28.3 Å². The normalized spacial score (nSPS) is 10.4. The summed E-state index contributed by atoms with van der Waals surface area (Å²) in [5.74, 6) is 1.20. The van der Waals surface area contributed by atoms with E-state index in [1.54, 1.807) is 19.2 Å². The van der Waals surface area contributed by atoms with Gasteiger partial charge in [0.2, 0.25) is 5.88 Å². The van der Waals surface area contributed by atoms with Gasteiger partial charge in [0.15, 0.2) is 5.82 Å². The Balaban J connectivity index is 2.33. The smallest absolute Gasteiger partial charge is 0.273 e. The number of aromatic nitrogens is 2. The van der Waals surface area contributed by atoms with E-state index >= 15 is 0 Å². The monoisotopic (exact) mass is 401 g/mol. The maximum absolute atomic E-state index is 10.8. The molecule has 0 amide bonds. The molecule has 0 atom stereocenters. The number of hydrogen-bond acceptors (Lipinski definition) is 6. The maximum Gasteiger partial charge on any atom is 0.273 e. The molecule has 0 unspecified atom stereocenters. The third kappa shape index (κ3) is 4.08. The Morgan fingerprint density at radius 3 is 2.76 bits per heavy atom. The highest BCUT2D eigenvalue weighted by Crippen LogP contribution is 2.29. The molecule has 110 valence electrons. The Hall–Kier alpha value is -1.81. The van der Waals surface area contributed by atoms with Gasteiger partial charge in [-0.25, -0.2) is 4.98 Å². The largest absolute Gasteiger partial charge is 0.438 e. The van der Waals surface area contributed by atoms with E-state index in [4.69, 9.17) is 9.47 Å². The summed E-state index contributed by atoms with van der Waals surface area (Å²) in [5.41, 5.74) is 0.695. The number of non-ortho nitro benzene ring substituents is 1. The molecule has 0 saturated carbocycles. The molecule has 0 spiro atoms. The lowest BCUT2D eigenvalue weighted by Crippen LogP contribution is -2.01. The Morgan fingerprint density at radius 2 is 2.10 bits per heavy atom. The fraction of sp³-hybridized carbons (Fsp3) is 0.231. The molecular formula is C13H12IN3O4. The Bertz CT molecular complexity index is 678. The molecule has 7 nitrogen and oxygen atoms in total. The van der Waals surface area contributed by atoms with E-state index in [1.807, 2.05) is 29.5 Å². The van der Waals surface area contributed by atoms with Gasteiger partial charge in [-0.15, -0.1) is 0 Å². The Labute approximate surface area is 134 Å². The lowest BCUT2D eigenvalue weighted by Gasteiger charge is -2.08. The van der Waals surface area contributed by atoms with Crippen molar-refractivity contribution in [3.05, 3.63) is 49.5 Å². The zero-order valence-corrected chi connectivity index (χ0v) is 13.5. The molecule has 1 aromatic heterocycles. The first-order valence-electron chi connectivity index (χ1n) is 5.95. The molecule has 0 aliphatic heterocycles. The molecule has 0 bridgehead atoms. The number of nitro benzene ring substituents is 1. The zero-order valence-electron chi connectivity index (χ0n) is 11.4. The van der Waals surface area contributed by atoms with Gasteiger partial charge in [-0.1, -0.05) is 0 Å². The third-order valence-corrected chi connectivity index (χ3v) is 3.38. The second-order valence-corrected chi connectivity index (χ2v) is 5.33. The maximum atomic E-state index is 10.8. The van der Waals surface area contributed by atoms with E-state index in [1.165, 1.54) is 12.1 Å². The van der Waals surface area contributed by atoms with Crippen molar-refractivity contribution in [1.29, 1.82) is 0 Å². The van der Waals surface area contributed by atoms with Crippen molar-refractivity contribution in [2.24, 2.45) is 0 Å². The molecule has 1 heterocycles. The minimum atomic E-state index is -0.468. The number of hydrogen-bond donors (Lipinski definition) is 0. The average Bonchev–Trinajstić information content (AvgIpc) is 2.40. The molecule has 21 heavy (non-hydrogen) atoms. The number of rotatable bonds is 5. The van der Waals surface area contributed by atoms with Gasteiger partial charge in [0.25, 0.3) is 5.69 Å². The predicted octanol–water partition coefficient (Wildman–Crippen LogP) is 3.24. The van der Waals surface area contributed by atoms with Crippen molar-refractivity contribution in [2.45, 2.75) is 13.5 Å². The number of aryl methyl sites for hydroxylation is 1. The van der Waals surface area contributed by atoms with Gasteiger partial charge in [-0.3, -0.25) is 10.1 Å². The summed E-state index contributed by atoms with van der Waals surface area (Å²) in [6, 6.07) is 6.08. The van der Waals surface area contributed by atoms with Crippen LogP contribution in [0.1, 0.15) is 11.5 Å². The summed E-state index contributed by atoms with van der Waals surface area (Å²) in [7, 11) is 1.55. The van der Waals surface area contributed by atoms with Gasteiger partial charge in [0.1, 0.15) is 12.4 Å². The molecule has 0 aliphatic carbocycles. The fourth-order valence-electron chi connectivity index (χ4n) is 1.64. The number of nitro groups is 1. The lowest BCUT2D eigenvalue weighted by molar-refractivity contribution is -0.384. The molecule has 8 heteroatoms. The summed E-state index contributed by atoms with van der Waals surface area (Å²) in [5, 5.41) is 10.8. The summed E-state index contributed by atoms with van der Waals surface area (Å²) >= 11 is 2.05. The second kappa shape index (κ2) is 6.76. The van der Waals surface area contributed by atoms with Crippen LogP contribution in [0, 0.1) is 20.6 Å². The number of ether oxygens (including phenoxy) is 2. The van der Waals surface area contributed by atoms with Crippen molar-refractivity contribution in [2.75, 3.05) is 7.11 Å². The number of methoxy groups -OCH3 is 1. The van der Waals surface area contributed by atoms with Crippen molar-refractivity contribution in [1.82, 2.24) is 9.97 Å². The molecule has 1 aromatic carbocycles. The first-order valence-corrected chi connectivity index (χ1v) is 7.03. The minimum Gasteiger partial charge on any atom is -0.438 e. The van der Waals surface area contributed by atoms with Gasteiger partial charge in [-0.2, -0.15) is 4.98 Å². The van der Waals surface area contributed by atoms with E-state index in [2.05, 4.69) is 9.97 Å². The highest BCUT2D eigenvalue weighted by molar-refractivity contribution is 14.1. The highest BCUT2D eigenvalue weighted by Gasteiger charge is 2.12. The topological polar surface area (TPSA) is 87.4 Å². The number of nitrogens with zero attached hydrogens (tertiary/aromatic N) is 3. The molecule has 0 fully saturated rings. The van der Waals surface area contributed by atoms with Crippen LogP contribution in [0.5, 0.6) is 11.6 Å². The number of halogens is 1. The van der Waals surface area contributed by atoms with Crippen LogP contribution in [0.15, 0.2) is 24.3 Å². The Kier molecular flexibility index (Phi) is 5.02. The molecule has 0 N–H and O–H groups in total. The Morgan fingerprint density at radius 1 is 1.33 bits per heavy atom. The number of benzene rings is 1. The van der Waals surface area contributed by atoms with Gasteiger partial charge in [-0.05, 0) is 35.6 Å².